The van der Waals surface area contributed by atoms with Crippen molar-refractivity contribution in [2.24, 2.45) is 0 Å². The number of piperazine rings is 1. The summed E-state index contributed by atoms with van der Waals surface area (Å²) in [6.45, 7) is 7.51. The molecule has 0 aliphatic carbocycles. The summed E-state index contributed by atoms with van der Waals surface area (Å²) in [7, 11) is 0. The van der Waals surface area contributed by atoms with Crippen LogP contribution in [-0.4, -0.2) is 43.5 Å². The number of carbonyl (C=O) groups excluding carboxylic acids is 1. The van der Waals surface area contributed by atoms with Crippen molar-refractivity contribution in [1.82, 2.24) is 4.90 Å². The molecule has 5 heteroatoms. The summed E-state index contributed by atoms with van der Waals surface area (Å²) >= 11 is 0. The van der Waals surface area contributed by atoms with Crippen molar-refractivity contribution < 1.29 is 9.18 Å². The second-order valence-electron chi connectivity index (χ2n) is 6.92. The Kier molecular flexibility index (Phi) is 6.45. The molecule has 1 amide bonds. The van der Waals surface area contributed by atoms with Gasteiger partial charge in [0.1, 0.15) is 5.82 Å². The van der Waals surface area contributed by atoms with Crippen molar-refractivity contribution >= 4 is 17.3 Å². The molecule has 1 fully saturated rings. The van der Waals surface area contributed by atoms with Crippen LogP contribution in [0.4, 0.5) is 15.8 Å². The van der Waals surface area contributed by atoms with Gasteiger partial charge >= 0.3 is 0 Å². The van der Waals surface area contributed by atoms with Crippen molar-refractivity contribution in [3.05, 3.63) is 59.4 Å². The number of carbonyl (C=O) groups is 1. The van der Waals surface area contributed by atoms with Crippen LogP contribution in [0.15, 0.2) is 42.5 Å². The lowest BCUT2D eigenvalue weighted by Crippen LogP contribution is -2.49. The smallest absolute Gasteiger partial charge is 0.238 e. The molecule has 1 N–H and O–H groups in total. The van der Waals surface area contributed by atoms with Crippen LogP contribution in [0.25, 0.3) is 0 Å². The summed E-state index contributed by atoms with van der Waals surface area (Å²) in [5.41, 5.74) is 3.96. The van der Waals surface area contributed by atoms with E-state index >= 15 is 0 Å². The Morgan fingerprint density at radius 1 is 0.963 bits per heavy atom. The monoisotopic (exact) mass is 369 g/mol. The van der Waals surface area contributed by atoms with Crippen LogP contribution in [0.2, 0.25) is 0 Å². The van der Waals surface area contributed by atoms with Gasteiger partial charge in [-0.2, -0.15) is 0 Å². The predicted octanol–water partition coefficient (Wildman–Crippen LogP) is 3.71. The molecule has 4 nitrogen and oxygen atoms in total. The molecule has 1 aliphatic rings. The maximum absolute atomic E-state index is 13.9. The van der Waals surface area contributed by atoms with E-state index in [4.69, 9.17) is 0 Å². The highest BCUT2D eigenvalue weighted by Gasteiger charge is 2.21. The van der Waals surface area contributed by atoms with Crippen molar-refractivity contribution in [2.75, 3.05) is 42.9 Å². The third-order valence-electron chi connectivity index (χ3n) is 5.20. The molecule has 1 saturated heterocycles. The number of nitrogens with zero attached hydrogens (tertiary/aromatic N) is 2. The van der Waals surface area contributed by atoms with Crippen molar-refractivity contribution in [2.45, 2.75) is 26.7 Å². The van der Waals surface area contributed by atoms with Crippen LogP contribution < -0.4 is 10.2 Å². The van der Waals surface area contributed by atoms with E-state index in [0.29, 0.717) is 12.2 Å². The number of rotatable bonds is 6. The topological polar surface area (TPSA) is 35.6 Å². The highest BCUT2D eigenvalue weighted by molar-refractivity contribution is 5.93. The first-order valence-corrected chi connectivity index (χ1v) is 9.74. The molecular formula is C22H28FN3O. The summed E-state index contributed by atoms with van der Waals surface area (Å²) < 4.78 is 13.9. The molecule has 0 saturated carbocycles. The number of anilines is 2. The zero-order valence-corrected chi connectivity index (χ0v) is 16.2. The third-order valence-corrected chi connectivity index (χ3v) is 5.20. The summed E-state index contributed by atoms with van der Waals surface area (Å²) in [6.07, 6.45) is 1.79. The Hall–Kier alpha value is -2.40. The van der Waals surface area contributed by atoms with E-state index in [1.54, 1.807) is 6.07 Å². The van der Waals surface area contributed by atoms with E-state index in [1.807, 2.05) is 17.0 Å². The summed E-state index contributed by atoms with van der Waals surface area (Å²) in [5, 5.41) is 3.13. The first-order valence-electron chi connectivity index (χ1n) is 9.74. The SMILES string of the molecule is CCc1cccc(CC)c1NC(=O)CN1CCN(c2ccccc2F)CC1. The van der Waals surface area contributed by atoms with E-state index in [0.717, 1.165) is 44.7 Å². The molecule has 0 bridgehead atoms. The molecule has 0 spiro atoms. The molecule has 144 valence electrons. The molecule has 27 heavy (non-hydrogen) atoms. The van der Waals surface area contributed by atoms with E-state index < -0.39 is 0 Å². The second kappa shape index (κ2) is 9.00. The van der Waals surface area contributed by atoms with Gasteiger partial charge in [-0.25, -0.2) is 4.39 Å². The molecule has 2 aromatic carbocycles. The van der Waals surface area contributed by atoms with Gasteiger partial charge in [-0.05, 0) is 36.1 Å². The van der Waals surface area contributed by atoms with Crippen LogP contribution in [0.5, 0.6) is 0 Å². The lowest BCUT2D eigenvalue weighted by atomic mass is 10.0. The van der Waals surface area contributed by atoms with Gasteiger partial charge in [0.25, 0.3) is 0 Å². The van der Waals surface area contributed by atoms with E-state index in [1.165, 1.54) is 17.2 Å². The van der Waals surface area contributed by atoms with Crippen LogP contribution in [0.3, 0.4) is 0 Å². The Morgan fingerprint density at radius 3 is 2.19 bits per heavy atom. The quantitative estimate of drug-likeness (QED) is 0.843. The summed E-state index contributed by atoms with van der Waals surface area (Å²) in [6, 6.07) is 13.1. The Labute approximate surface area is 161 Å². The van der Waals surface area contributed by atoms with Crippen LogP contribution in [0, 0.1) is 5.82 Å². The summed E-state index contributed by atoms with van der Waals surface area (Å²) in [4.78, 5) is 16.8. The average molecular weight is 369 g/mol. The van der Waals surface area contributed by atoms with Gasteiger partial charge in [0.05, 0.1) is 12.2 Å². The largest absolute Gasteiger partial charge is 0.367 e. The lowest BCUT2D eigenvalue weighted by Gasteiger charge is -2.35. The van der Waals surface area contributed by atoms with Gasteiger partial charge in [-0.3, -0.25) is 9.69 Å². The van der Waals surface area contributed by atoms with Gasteiger partial charge in [0, 0.05) is 31.9 Å². The highest BCUT2D eigenvalue weighted by Crippen LogP contribution is 2.23. The zero-order valence-electron chi connectivity index (χ0n) is 16.2. The molecule has 0 atom stereocenters. The van der Waals surface area contributed by atoms with E-state index in [2.05, 4.69) is 42.3 Å². The minimum absolute atomic E-state index is 0.0185. The number of hydrogen-bond acceptors (Lipinski definition) is 3. The number of hydrogen-bond donors (Lipinski definition) is 1. The maximum Gasteiger partial charge on any atom is 0.238 e. The van der Waals surface area contributed by atoms with Gasteiger partial charge in [0.15, 0.2) is 0 Å². The van der Waals surface area contributed by atoms with Crippen molar-refractivity contribution in [3.8, 4) is 0 Å². The zero-order chi connectivity index (χ0) is 19.2. The number of nitrogens with one attached hydrogen (secondary N) is 1. The fourth-order valence-corrected chi connectivity index (χ4v) is 3.64. The first kappa shape index (κ1) is 19.4. The number of halogens is 1. The lowest BCUT2D eigenvalue weighted by molar-refractivity contribution is -0.117. The Balaban J connectivity index is 1.57. The molecule has 0 radical (unpaired) electrons. The third kappa shape index (κ3) is 4.66. The molecule has 2 aromatic rings. The number of amides is 1. The molecule has 3 rings (SSSR count). The van der Waals surface area contributed by atoms with E-state index in [9.17, 15) is 9.18 Å². The average Bonchev–Trinajstić information content (AvgIpc) is 2.69. The number of aryl methyl sites for hydroxylation is 2. The van der Waals surface area contributed by atoms with Crippen molar-refractivity contribution in [1.29, 1.82) is 0 Å². The van der Waals surface area contributed by atoms with Crippen LogP contribution in [-0.2, 0) is 17.6 Å². The maximum atomic E-state index is 13.9. The summed E-state index contributed by atoms with van der Waals surface area (Å²) in [5.74, 6) is -0.170. The van der Waals surface area contributed by atoms with Crippen molar-refractivity contribution in [3.63, 3.8) is 0 Å². The predicted molar refractivity (Wildman–Crippen MR) is 109 cm³/mol. The van der Waals surface area contributed by atoms with Crippen LogP contribution in [0.1, 0.15) is 25.0 Å². The fourth-order valence-electron chi connectivity index (χ4n) is 3.64. The fraction of sp³-hybridized carbons (Fsp3) is 0.409. The molecular weight excluding hydrogens is 341 g/mol. The van der Waals surface area contributed by atoms with Gasteiger partial charge in [-0.15, -0.1) is 0 Å². The normalized spacial score (nSPS) is 15.0. The van der Waals surface area contributed by atoms with Crippen LogP contribution >= 0.6 is 0 Å². The van der Waals surface area contributed by atoms with Gasteiger partial charge in [0.2, 0.25) is 5.91 Å². The first-order chi connectivity index (χ1) is 13.1. The molecule has 1 heterocycles. The highest BCUT2D eigenvalue weighted by atomic mass is 19.1. The molecule has 0 aromatic heterocycles. The van der Waals surface area contributed by atoms with Gasteiger partial charge < -0.3 is 10.2 Å². The molecule has 0 unspecified atom stereocenters. The number of benzene rings is 2. The number of para-hydroxylation sites is 2. The molecule has 1 aliphatic heterocycles. The Bertz CT molecular complexity index is 763. The van der Waals surface area contributed by atoms with E-state index in [-0.39, 0.29) is 11.7 Å². The van der Waals surface area contributed by atoms with Gasteiger partial charge in [-0.1, -0.05) is 44.2 Å². The second-order valence-corrected chi connectivity index (χ2v) is 6.92. The standard InChI is InChI=1S/C22H28FN3O/c1-3-17-8-7-9-18(4-2)22(17)24-21(27)16-25-12-14-26(15-13-25)20-11-6-5-10-19(20)23/h5-11H,3-4,12-16H2,1-2H3,(H,24,27). The Morgan fingerprint density at radius 2 is 1.59 bits per heavy atom. The minimum Gasteiger partial charge on any atom is -0.367 e. The minimum atomic E-state index is -0.188.